The number of carbonyl (C=O) groups is 10. The first-order chi connectivity index (χ1) is 32.4. The molecule has 0 aliphatic heterocycles. The van der Waals surface area contributed by atoms with E-state index in [1.165, 1.54) is 17.8 Å². The number of primary amides is 2. The van der Waals surface area contributed by atoms with Crippen molar-refractivity contribution in [3.05, 3.63) is 23.3 Å². The van der Waals surface area contributed by atoms with Crippen molar-refractivity contribution in [1.29, 1.82) is 10.8 Å². The van der Waals surface area contributed by atoms with Crippen molar-refractivity contribution in [1.82, 2.24) is 42.5 Å². The molecule has 0 unspecified atom stereocenters. The highest BCUT2D eigenvalue weighted by Gasteiger charge is 2.33. The van der Waals surface area contributed by atoms with Gasteiger partial charge in [0.25, 0.3) is 0 Å². The van der Waals surface area contributed by atoms with Gasteiger partial charge in [0, 0.05) is 38.4 Å². The second-order valence-electron chi connectivity index (χ2n) is 16.2. The van der Waals surface area contributed by atoms with Gasteiger partial charge in [0.05, 0.1) is 0 Å². The number of hydrogen-bond donors (Lipinski definition) is 16. The van der Waals surface area contributed by atoms with Gasteiger partial charge in [-0.3, -0.25) is 58.8 Å². The van der Waals surface area contributed by atoms with Crippen molar-refractivity contribution in [2.75, 3.05) is 25.1 Å². The molecule has 0 rings (SSSR count). The molecule has 388 valence electrons. The van der Waals surface area contributed by atoms with Crippen LogP contribution in [0.2, 0.25) is 0 Å². The lowest BCUT2D eigenvalue weighted by atomic mass is 10.0. The number of amides is 8. The number of hydrogen-bond acceptors (Lipinski definition) is 13. The first-order valence-corrected chi connectivity index (χ1v) is 23.5. The van der Waals surface area contributed by atoms with Gasteiger partial charge in [-0.25, -0.2) is 0 Å². The van der Waals surface area contributed by atoms with E-state index in [-0.39, 0.29) is 62.9 Å². The molecular formula is C42H72N14O12S. The van der Waals surface area contributed by atoms with Gasteiger partial charge in [-0.2, -0.15) is 11.8 Å². The van der Waals surface area contributed by atoms with Crippen molar-refractivity contribution in [3.63, 3.8) is 0 Å². The zero-order valence-electron chi connectivity index (χ0n) is 39.6. The topological polar surface area (TPSA) is 459 Å². The molecule has 0 aliphatic carbocycles. The third kappa shape index (κ3) is 30.1. The molecule has 0 bridgehead atoms. The summed E-state index contributed by atoms with van der Waals surface area (Å²) >= 11 is 1.27. The predicted octanol–water partition coefficient (Wildman–Crippen LogP) is -2.65. The van der Waals surface area contributed by atoms with E-state index in [0.717, 1.165) is 5.57 Å². The van der Waals surface area contributed by atoms with Crippen LogP contribution >= 0.6 is 11.8 Å². The Morgan fingerprint density at radius 1 is 0.536 bits per heavy atom. The van der Waals surface area contributed by atoms with Crippen LogP contribution < -0.4 is 65.5 Å². The smallest absolute Gasteiger partial charge is 0.303 e. The average molecular weight is 997 g/mol. The van der Waals surface area contributed by atoms with Crippen molar-refractivity contribution >= 4 is 82.9 Å². The monoisotopic (exact) mass is 997 g/mol. The molecule has 0 fully saturated rings. The molecule has 0 spiro atoms. The Kier molecular flexibility index (Phi) is 30.9. The van der Waals surface area contributed by atoms with Gasteiger partial charge in [-0.1, -0.05) is 17.2 Å². The van der Waals surface area contributed by atoms with Crippen molar-refractivity contribution in [2.24, 2.45) is 22.9 Å². The Morgan fingerprint density at radius 2 is 0.913 bits per heavy atom. The molecule has 0 radical (unpaired) electrons. The molecule has 6 atom stereocenters. The first kappa shape index (κ1) is 62.1. The van der Waals surface area contributed by atoms with Gasteiger partial charge in [0.15, 0.2) is 11.9 Å². The third-order valence-corrected chi connectivity index (χ3v) is 10.5. The van der Waals surface area contributed by atoms with E-state index in [0.29, 0.717) is 18.4 Å². The molecule has 20 N–H and O–H groups in total. The number of nitrogens with one attached hydrogen (secondary N) is 10. The summed E-state index contributed by atoms with van der Waals surface area (Å²) in [6.45, 7) is 5.80. The van der Waals surface area contributed by atoms with Gasteiger partial charge in [-0.05, 0) is 97.0 Å². The van der Waals surface area contributed by atoms with Gasteiger partial charge in [-0.15, -0.1) is 0 Å². The lowest BCUT2D eigenvalue weighted by molar-refractivity contribution is -0.140. The number of aliphatic carboxylic acids is 2. The summed E-state index contributed by atoms with van der Waals surface area (Å²) in [6.07, 6.45) is 3.36. The van der Waals surface area contributed by atoms with Crippen molar-refractivity contribution in [3.8, 4) is 0 Å². The van der Waals surface area contributed by atoms with Gasteiger partial charge < -0.3 is 75.7 Å². The van der Waals surface area contributed by atoms with Gasteiger partial charge >= 0.3 is 11.9 Å². The van der Waals surface area contributed by atoms with Crippen LogP contribution in [-0.2, 0) is 47.9 Å². The number of carbonyl (C=O) groups excluding carboxylic acids is 8. The van der Waals surface area contributed by atoms with E-state index < -0.39 is 134 Å². The predicted molar refractivity (Wildman–Crippen MR) is 257 cm³/mol. The van der Waals surface area contributed by atoms with Crippen LogP contribution in [-0.4, -0.2) is 143 Å². The molecule has 0 aromatic heterocycles. The number of guanidine groups is 2. The number of carboxylic acids is 2. The maximum atomic E-state index is 14.0. The Balaban J connectivity index is 6.64. The molecule has 0 saturated heterocycles. The average Bonchev–Trinajstić information content (AvgIpc) is 3.24. The Hall–Kier alpha value is -6.93. The Morgan fingerprint density at radius 3 is 1.29 bits per heavy atom. The summed E-state index contributed by atoms with van der Waals surface area (Å²) in [7, 11) is 0. The van der Waals surface area contributed by atoms with Gasteiger partial charge in [0.2, 0.25) is 47.3 Å². The summed E-state index contributed by atoms with van der Waals surface area (Å²) in [6, 6.07) is -8.75. The maximum Gasteiger partial charge on any atom is 0.303 e. The van der Waals surface area contributed by atoms with Crippen LogP contribution in [0.5, 0.6) is 0 Å². The minimum Gasteiger partial charge on any atom is -0.481 e. The van der Waals surface area contributed by atoms with Crippen molar-refractivity contribution in [2.45, 2.75) is 140 Å². The maximum absolute atomic E-state index is 14.0. The largest absolute Gasteiger partial charge is 0.481 e. The lowest BCUT2D eigenvalue weighted by Crippen LogP contribution is -2.59. The highest BCUT2D eigenvalue weighted by molar-refractivity contribution is 7.98. The fraction of sp³-hybridized carbons (Fsp3) is 0.619. The Labute approximate surface area is 405 Å². The van der Waals surface area contributed by atoms with Crippen LogP contribution in [0.3, 0.4) is 0 Å². The summed E-state index contributed by atoms with van der Waals surface area (Å²) < 4.78 is 0. The van der Waals surface area contributed by atoms with E-state index >= 15 is 0 Å². The normalized spacial score (nSPS) is 13.5. The highest BCUT2D eigenvalue weighted by Crippen LogP contribution is 2.11. The zero-order chi connectivity index (χ0) is 52.6. The molecule has 0 heterocycles. The summed E-state index contributed by atoms with van der Waals surface area (Å²) in [5.74, 6) is -10.4. The summed E-state index contributed by atoms with van der Waals surface area (Å²) in [5.41, 5.74) is 23.3. The quantitative estimate of drug-likeness (QED) is 0.0100. The molecule has 0 aromatic carbocycles. The first-order valence-electron chi connectivity index (χ1n) is 22.1. The second kappa shape index (κ2) is 34.4. The zero-order valence-corrected chi connectivity index (χ0v) is 40.4. The summed E-state index contributed by atoms with van der Waals surface area (Å²) in [4.78, 5) is 129. The van der Waals surface area contributed by atoms with E-state index in [1.54, 1.807) is 13.2 Å². The number of nitrogens with two attached hydrogens (primary N) is 4. The minimum absolute atomic E-state index is 0.0196. The molecule has 69 heavy (non-hydrogen) atoms. The SMILES string of the molecule is CSCC[C@H](NC(=O)[C@H](CCC(=O)O)NC(=O)[C@H](CCC(=O)O)NC(=O)/C=C(\C)CCC=C(C)C)C(=O)N[C@@H](CCC(N)=O)C(=O)N[C@@H](CCCNC(=N)N)C(=O)N[C@@H](CCCNC(=N)N)C(N)=O. The molecule has 27 heteroatoms. The van der Waals surface area contributed by atoms with E-state index in [2.05, 4.69) is 42.5 Å². The van der Waals surface area contributed by atoms with Crippen LogP contribution in [0.25, 0.3) is 0 Å². The van der Waals surface area contributed by atoms with Crippen LogP contribution in [0.15, 0.2) is 23.3 Å². The molecular weight excluding hydrogens is 925 g/mol. The summed E-state index contributed by atoms with van der Waals surface area (Å²) in [5, 5.41) is 53.4. The minimum atomic E-state index is -1.64. The van der Waals surface area contributed by atoms with E-state index in [1.807, 2.05) is 19.9 Å². The fourth-order valence-electron chi connectivity index (χ4n) is 6.21. The molecule has 8 amide bonds. The molecule has 0 saturated carbocycles. The number of allylic oxidation sites excluding steroid dienone is 3. The van der Waals surface area contributed by atoms with Crippen LogP contribution in [0.4, 0.5) is 0 Å². The number of thioether (sulfide) groups is 1. The number of rotatable bonds is 36. The van der Waals surface area contributed by atoms with Crippen LogP contribution in [0.1, 0.15) is 104 Å². The van der Waals surface area contributed by atoms with E-state index in [4.69, 9.17) is 33.8 Å². The molecule has 0 aliphatic rings. The van der Waals surface area contributed by atoms with Crippen molar-refractivity contribution < 1.29 is 58.2 Å². The van der Waals surface area contributed by atoms with Gasteiger partial charge in [0.1, 0.15) is 36.3 Å². The number of carboxylic acid groups (broad SMARTS) is 2. The lowest BCUT2D eigenvalue weighted by Gasteiger charge is -2.27. The Bertz CT molecular complexity index is 1880. The fourth-order valence-corrected chi connectivity index (χ4v) is 6.68. The van der Waals surface area contributed by atoms with E-state index in [9.17, 15) is 58.2 Å². The molecule has 0 aromatic rings. The second-order valence-corrected chi connectivity index (χ2v) is 17.2. The van der Waals surface area contributed by atoms with Crippen LogP contribution in [0, 0.1) is 10.8 Å². The highest BCUT2D eigenvalue weighted by atomic mass is 32.2. The molecule has 26 nitrogen and oxygen atoms in total. The third-order valence-electron chi connectivity index (χ3n) is 9.85. The standard InChI is InChI=1S/C42H72N14O12S/c1-23(2)8-5-9-24(3)22-32(58)51-27(13-16-33(59)60)37(65)55-29(14-17-34(61)62)39(67)56-30(18-21-69-4)40(68)54-28(12-15-31(43)57)38(66)53-26(11-7-20-50-42(47)48)36(64)52-25(35(44)63)10-6-19-49-41(45)46/h8,22,25-30H,5-7,9-21H2,1-4H3,(H2,43,57)(H2,44,63)(H,51,58)(H,52,64)(H,53,66)(H,54,68)(H,55,65)(H,56,67)(H,59,60)(H,61,62)(H4,45,46,49)(H4,47,48,50)/b24-22+/t25-,26-,27-,28-,29-,30-/m0/s1.